The lowest BCUT2D eigenvalue weighted by atomic mass is 10.0. The van der Waals surface area contributed by atoms with Crippen LogP contribution in [0.3, 0.4) is 0 Å². The Hall–Kier alpha value is -7.77. The molecule has 0 aliphatic heterocycles. The highest BCUT2D eigenvalue weighted by molar-refractivity contribution is 6.11. The Balaban J connectivity index is 1.13. The lowest BCUT2D eigenvalue weighted by Gasteiger charge is -2.13. The molecule has 0 aliphatic carbocycles. The molecule has 0 unspecified atom stereocenters. The summed E-state index contributed by atoms with van der Waals surface area (Å²) in [6, 6.07) is 60.9. The quantitative estimate of drug-likeness (QED) is 0.181. The van der Waals surface area contributed by atoms with Gasteiger partial charge >= 0.3 is 0 Å². The van der Waals surface area contributed by atoms with Crippen molar-refractivity contribution in [2.45, 2.75) is 0 Å². The highest BCUT2D eigenvalue weighted by atomic mass is 15.2. The molecule has 56 heavy (non-hydrogen) atoms. The maximum absolute atomic E-state index is 5.34. The fraction of sp³-hybridized carbons (Fsp3) is 0. The van der Waals surface area contributed by atoms with Crippen LogP contribution in [0.5, 0.6) is 0 Å². The van der Waals surface area contributed by atoms with Crippen molar-refractivity contribution in [2.24, 2.45) is 0 Å². The summed E-state index contributed by atoms with van der Waals surface area (Å²) in [6.45, 7) is 0. The number of rotatable bonds is 4. The molecule has 0 aliphatic rings. The standard InChI is InChI=1S/C49H29N7/c1-3-17-33-30(13-1)15-11-21-36(33)46-52-45(53-47(54-46)37-22-12-16-31-14-2-4-18-34(31)37)32-27-28-43-39(29-32)35-19-6-9-25-42(35)55(43)49-51-40-23-7-5-20-38(40)48-50-41-24-8-10-26-44(41)56(48)49/h1-29H. The fourth-order valence-electron chi connectivity index (χ4n) is 8.39. The van der Waals surface area contributed by atoms with Crippen molar-refractivity contribution >= 4 is 70.9 Å². The molecule has 12 aromatic rings. The van der Waals surface area contributed by atoms with Crippen molar-refractivity contribution in [3.8, 4) is 40.1 Å². The van der Waals surface area contributed by atoms with E-state index in [2.05, 4.69) is 167 Å². The third-order valence-corrected chi connectivity index (χ3v) is 11.0. The van der Waals surface area contributed by atoms with E-state index in [0.717, 1.165) is 93.6 Å². The van der Waals surface area contributed by atoms with Crippen LogP contribution in [0.15, 0.2) is 176 Å². The number of hydrogen-bond acceptors (Lipinski definition) is 5. The van der Waals surface area contributed by atoms with Crippen molar-refractivity contribution < 1.29 is 0 Å². The Morgan fingerprint density at radius 3 is 1.59 bits per heavy atom. The van der Waals surface area contributed by atoms with Gasteiger partial charge in [0.15, 0.2) is 17.5 Å². The SMILES string of the molecule is c1ccc2c(-c3nc(-c4ccc5c(c4)c4ccccc4n5-c4nc5ccccc5c5nc6ccccc6n45)nc(-c4cccc5ccccc45)n3)cccc2c1. The largest absolute Gasteiger partial charge is 0.279 e. The molecule has 7 heteroatoms. The summed E-state index contributed by atoms with van der Waals surface area (Å²) in [5.74, 6) is 2.65. The van der Waals surface area contributed by atoms with Gasteiger partial charge in [0.2, 0.25) is 5.95 Å². The Morgan fingerprint density at radius 2 is 0.875 bits per heavy atom. The van der Waals surface area contributed by atoms with E-state index in [1.807, 2.05) is 18.2 Å². The molecule has 260 valence electrons. The van der Waals surface area contributed by atoms with E-state index in [-0.39, 0.29) is 0 Å². The lowest BCUT2D eigenvalue weighted by molar-refractivity contribution is 0.979. The van der Waals surface area contributed by atoms with Crippen LogP contribution in [0.1, 0.15) is 0 Å². The number of fused-ring (bicyclic) bond motifs is 10. The summed E-state index contributed by atoms with van der Waals surface area (Å²) < 4.78 is 4.45. The van der Waals surface area contributed by atoms with Gasteiger partial charge in [-0.05, 0) is 70.1 Å². The molecule has 0 saturated heterocycles. The average molecular weight is 716 g/mol. The molecule has 0 spiro atoms. The molecule has 0 amide bonds. The average Bonchev–Trinajstić information content (AvgIpc) is 3.82. The van der Waals surface area contributed by atoms with Crippen molar-refractivity contribution in [1.82, 2.24) is 33.9 Å². The highest BCUT2D eigenvalue weighted by Gasteiger charge is 2.21. The van der Waals surface area contributed by atoms with Crippen LogP contribution < -0.4 is 0 Å². The molecule has 0 saturated carbocycles. The highest BCUT2D eigenvalue weighted by Crippen LogP contribution is 2.37. The van der Waals surface area contributed by atoms with Crippen LogP contribution >= 0.6 is 0 Å². The maximum Gasteiger partial charge on any atom is 0.221 e. The van der Waals surface area contributed by atoms with Gasteiger partial charge in [-0.2, -0.15) is 0 Å². The van der Waals surface area contributed by atoms with E-state index in [1.165, 1.54) is 0 Å². The van der Waals surface area contributed by atoms with Crippen LogP contribution in [0, 0.1) is 0 Å². The third kappa shape index (κ3) is 4.55. The normalized spacial score (nSPS) is 11.9. The zero-order chi connectivity index (χ0) is 36.7. The Kier molecular flexibility index (Phi) is 6.50. The minimum Gasteiger partial charge on any atom is -0.279 e. The van der Waals surface area contributed by atoms with E-state index >= 15 is 0 Å². The molecule has 4 heterocycles. The van der Waals surface area contributed by atoms with Crippen molar-refractivity contribution in [3.63, 3.8) is 0 Å². The van der Waals surface area contributed by atoms with Crippen LogP contribution in [0.2, 0.25) is 0 Å². The number of imidazole rings is 1. The van der Waals surface area contributed by atoms with E-state index in [9.17, 15) is 0 Å². The van der Waals surface area contributed by atoms with Crippen LogP contribution in [-0.2, 0) is 0 Å². The zero-order valence-electron chi connectivity index (χ0n) is 29.9. The van der Waals surface area contributed by atoms with Gasteiger partial charge in [-0.3, -0.25) is 8.97 Å². The molecule has 0 fully saturated rings. The monoisotopic (exact) mass is 715 g/mol. The minimum absolute atomic E-state index is 0.608. The van der Waals surface area contributed by atoms with Crippen LogP contribution in [0.25, 0.3) is 111 Å². The smallest absolute Gasteiger partial charge is 0.221 e. The first-order chi connectivity index (χ1) is 27.8. The van der Waals surface area contributed by atoms with Crippen LogP contribution in [-0.4, -0.2) is 33.9 Å². The Labute approximate surface area is 319 Å². The van der Waals surface area contributed by atoms with Crippen molar-refractivity contribution in [1.29, 1.82) is 0 Å². The van der Waals surface area contributed by atoms with Crippen LogP contribution in [0.4, 0.5) is 0 Å². The molecule has 8 aromatic carbocycles. The number of nitrogens with zero attached hydrogens (tertiary/aromatic N) is 7. The Morgan fingerprint density at radius 1 is 0.339 bits per heavy atom. The molecule has 0 N–H and O–H groups in total. The Bertz CT molecular complexity index is 3450. The first kappa shape index (κ1) is 30.7. The van der Waals surface area contributed by atoms with Gasteiger partial charge in [0.25, 0.3) is 0 Å². The first-order valence-electron chi connectivity index (χ1n) is 18.7. The second kappa shape index (κ2) is 11.9. The maximum atomic E-state index is 5.34. The molecule has 0 atom stereocenters. The number of para-hydroxylation sites is 4. The molecular formula is C49H29N7. The molecule has 12 rings (SSSR count). The molecular weight excluding hydrogens is 687 g/mol. The molecule has 0 radical (unpaired) electrons. The van der Waals surface area contributed by atoms with E-state index < -0.39 is 0 Å². The second-order valence-electron chi connectivity index (χ2n) is 14.1. The third-order valence-electron chi connectivity index (χ3n) is 11.0. The summed E-state index contributed by atoms with van der Waals surface area (Å²) in [4.78, 5) is 26.1. The molecule has 0 bridgehead atoms. The minimum atomic E-state index is 0.608. The van der Waals surface area contributed by atoms with Gasteiger partial charge in [0.05, 0.1) is 27.6 Å². The molecule has 7 nitrogen and oxygen atoms in total. The summed E-state index contributed by atoms with van der Waals surface area (Å²) in [5, 5.41) is 7.64. The van der Waals surface area contributed by atoms with Gasteiger partial charge in [-0.25, -0.2) is 24.9 Å². The lowest BCUT2D eigenvalue weighted by Crippen LogP contribution is -2.06. The topological polar surface area (TPSA) is 73.8 Å². The number of benzene rings is 8. The van der Waals surface area contributed by atoms with Gasteiger partial charge in [-0.15, -0.1) is 0 Å². The van der Waals surface area contributed by atoms with Gasteiger partial charge < -0.3 is 0 Å². The van der Waals surface area contributed by atoms with Crippen molar-refractivity contribution in [2.75, 3.05) is 0 Å². The second-order valence-corrected chi connectivity index (χ2v) is 14.1. The van der Waals surface area contributed by atoms with Gasteiger partial charge in [0.1, 0.15) is 5.65 Å². The van der Waals surface area contributed by atoms with Gasteiger partial charge in [-0.1, -0.05) is 127 Å². The number of aromatic nitrogens is 7. The summed E-state index contributed by atoms with van der Waals surface area (Å²) in [7, 11) is 0. The van der Waals surface area contributed by atoms with E-state index in [0.29, 0.717) is 17.5 Å². The predicted octanol–water partition coefficient (Wildman–Crippen LogP) is 11.6. The van der Waals surface area contributed by atoms with E-state index in [4.69, 9.17) is 24.9 Å². The zero-order valence-corrected chi connectivity index (χ0v) is 29.9. The van der Waals surface area contributed by atoms with Crippen molar-refractivity contribution in [3.05, 3.63) is 176 Å². The van der Waals surface area contributed by atoms with E-state index in [1.54, 1.807) is 0 Å². The molecule has 4 aromatic heterocycles. The van der Waals surface area contributed by atoms with Gasteiger partial charge in [0, 0.05) is 32.8 Å². The summed E-state index contributed by atoms with van der Waals surface area (Å²) in [6.07, 6.45) is 0. The predicted molar refractivity (Wildman–Crippen MR) is 227 cm³/mol. The summed E-state index contributed by atoms with van der Waals surface area (Å²) >= 11 is 0. The summed E-state index contributed by atoms with van der Waals surface area (Å²) in [5.41, 5.74) is 8.59. The number of hydrogen-bond donors (Lipinski definition) is 0. The first-order valence-corrected chi connectivity index (χ1v) is 18.7. The fourth-order valence-corrected chi connectivity index (χ4v) is 8.39.